The minimum atomic E-state index is -0.313. The number of hydrogen-bond acceptors (Lipinski definition) is 5. The zero-order valence-electron chi connectivity index (χ0n) is 12.9. The Labute approximate surface area is 134 Å². The van der Waals surface area contributed by atoms with Crippen molar-refractivity contribution >= 4 is 17.7 Å². The Morgan fingerprint density at radius 1 is 1.30 bits per heavy atom. The molecule has 2 amide bonds. The molecule has 0 aliphatic carbocycles. The number of amides is 2. The van der Waals surface area contributed by atoms with Gasteiger partial charge < -0.3 is 20.1 Å². The fraction of sp³-hybridized carbons (Fsp3) is 0.500. The molecule has 2 aliphatic rings. The van der Waals surface area contributed by atoms with E-state index in [1.54, 1.807) is 4.90 Å². The molecule has 7 nitrogen and oxygen atoms in total. The van der Waals surface area contributed by atoms with Crippen molar-refractivity contribution < 1.29 is 19.1 Å². The summed E-state index contributed by atoms with van der Waals surface area (Å²) in [7, 11) is 0. The topological polar surface area (TPSA) is 79.9 Å². The number of nitrogens with one attached hydrogen (secondary N) is 2. The van der Waals surface area contributed by atoms with E-state index in [0.717, 1.165) is 17.8 Å². The fourth-order valence-corrected chi connectivity index (χ4v) is 2.65. The van der Waals surface area contributed by atoms with E-state index >= 15 is 0 Å². The van der Waals surface area contributed by atoms with Crippen molar-refractivity contribution in [1.29, 1.82) is 0 Å². The smallest absolute Gasteiger partial charge is 0.414 e. The van der Waals surface area contributed by atoms with Crippen molar-refractivity contribution in [3.8, 4) is 0 Å². The normalized spacial score (nSPS) is 21.1. The van der Waals surface area contributed by atoms with E-state index in [0.29, 0.717) is 39.3 Å². The Hall–Kier alpha value is -2.12. The zero-order chi connectivity index (χ0) is 16.1. The monoisotopic (exact) mass is 319 g/mol. The molecule has 1 aromatic rings. The van der Waals surface area contributed by atoms with Gasteiger partial charge in [-0.25, -0.2) is 4.79 Å². The number of cyclic esters (lactones) is 1. The number of rotatable bonds is 5. The number of hydrogen-bond donors (Lipinski definition) is 2. The molecule has 1 aromatic carbocycles. The van der Waals surface area contributed by atoms with Gasteiger partial charge in [0.2, 0.25) is 5.91 Å². The minimum Gasteiger partial charge on any atom is -0.447 e. The first-order chi connectivity index (χ1) is 11.2. The molecule has 0 saturated carbocycles. The first kappa shape index (κ1) is 15.8. The quantitative estimate of drug-likeness (QED) is 0.832. The van der Waals surface area contributed by atoms with E-state index in [1.165, 1.54) is 0 Å². The Bertz CT molecular complexity index is 555. The zero-order valence-corrected chi connectivity index (χ0v) is 12.9. The Kier molecular flexibility index (Phi) is 5.09. The van der Waals surface area contributed by atoms with Crippen LogP contribution in [-0.4, -0.2) is 51.0 Å². The van der Waals surface area contributed by atoms with E-state index < -0.39 is 0 Å². The number of morpholine rings is 1. The summed E-state index contributed by atoms with van der Waals surface area (Å²) in [6.07, 6.45) is 0.00415. The molecule has 7 heteroatoms. The summed E-state index contributed by atoms with van der Waals surface area (Å²) in [6.45, 7) is 3.67. The highest BCUT2D eigenvalue weighted by Gasteiger charge is 2.23. The van der Waals surface area contributed by atoms with Gasteiger partial charge >= 0.3 is 6.09 Å². The van der Waals surface area contributed by atoms with Crippen LogP contribution < -0.4 is 15.5 Å². The summed E-state index contributed by atoms with van der Waals surface area (Å²) in [5.74, 6) is -0.0223. The van der Waals surface area contributed by atoms with Crippen LogP contribution in [0.5, 0.6) is 0 Å². The van der Waals surface area contributed by atoms with Crippen molar-refractivity contribution in [3.63, 3.8) is 0 Å². The average molecular weight is 319 g/mol. The van der Waals surface area contributed by atoms with Crippen molar-refractivity contribution in [2.75, 3.05) is 37.7 Å². The van der Waals surface area contributed by atoms with Gasteiger partial charge in [-0.1, -0.05) is 12.1 Å². The summed E-state index contributed by atoms with van der Waals surface area (Å²) in [5, 5.41) is 6.10. The van der Waals surface area contributed by atoms with E-state index in [1.807, 2.05) is 24.3 Å². The molecule has 1 unspecified atom stereocenters. The van der Waals surface area contributed by atoms with E-state index in [2.05, 4.69) is 10.6 Å². The predicted molar refractivity (Wildman–Crippen MR) is 84.2 cm³/mol. The van der Waals surface area contributed by atoms with E-state index in [-0.39, 0.29) is 18.1 Å². The molecule has 2 heterocycles. The van der Waals surface area contributed by atoms with Crippen molar-refractivity contribution in [3.05, 3.63) is 29.8 Å². The van der Waals surface area contributed by atoms with Crippen LogP contribution in [0.4, 0.5) is 10.5 Å². The molecule has 1 atom stereocenters. The first-order valence-electron chi connectivity index (χ1n) is 7.84. The van der Waals surface area contributed by atoms with E-state index in [4.69, 9.17) is 9.47 Å². The molecule has 2 fully saturated rings. The lowest BCUT2D eigenvalue weighted by Crippen LogP contribution is -2.41. The summed E-state index contributed by atoms with van der Waals surface area (Å²) in [5.41, 5.74) is 1.79. The number of anilines is 1. The van der Waals surface area contributed by atoms with Crippen LogP contribution in [0.2, 0.25) is 0 Å². The van der Waals surface area contributed by atoms with Crippen LogP contribution in [-0.2, 0) is 20.8 Å². The SMILES string of the molecule is O=C(CC1CNCCO1)NCc1ccc(N2CCOC2=O)cc1. The number of ether oxygens (including phenoxy) is 2. The van der Waals surface area contributed by atoms with Crippen LogP contribution in [0, 0.1) is 0 Å². The van der Waals surface area contributed by atoms with Gasteiger partial charge in [0.1, 0.15) is 6.61 Å². The van der Waals surface area contributed by atoms with Gasteiger partial charge in [0.05, 0.1) is 25.7 Å². The van der Waals surface area contributed by atoms with E-state index in [9.17, 15) is 9.59 Å². The third kappa shape index (κ3) is 4.20. The van der Waals surface area contributed by atoms with Crippen LogP contribution in [0.15, 0.2) is 24.3 Å². The van der Waals surface area contributed by atoms with Gasteiger partial charge in [-0.05, 0) is 17.7 Å². The minimum absolute atomic E-state index is 0.0223. The maximum Gasteiger partial charge on any atom is 0.414 e. The fourth-order valence-electron chi connectivity index (χ4n) is 2.65. The third-order valence-electron chi connectivity index (χ3n) is 3.92. The second kappa shape index (κ2) is 7.43. The second-order valence-corrected chi connectivity index (χ2v) is 5.61. The molecule has 2 N–H and O–H groups in total. The Morgan fingerprint density at radius 3 is 2.78 bits per heavy atom. The number of nitrogens with zero attached hydrogens (tertiary/aromatic N) is 1. The Morgan fingerprint density at radius 2 is 2.13 bits per heavy atom. The van der Waals surface area contributed by atoms with Crippen LogP contribution >= 0.6 is 0 Å². The van der Waals surface area contributed by atoms with Gasteiger partial charge in [-0.2, -0.15) is 0 Å². The molecule has 124 valence electrons. The highest BCUT2D eigenvalue weighted by molar-refractivity contribution is 5.89. The molecule has 0 aromatic heterocycles. The third-order valence-corrected chi connectivity index (χ3v) is 3.92. The maximum absolute atomic E-state index is 11.9. The number of carbonyl (C=O) groups is 2. The largest absolute Gasteiger partial charge is 0.447 e. The lowest BCUT2D eigenvalue weighted by molar-refractivity contribution is -0.124. The molecule has 0 radical (unpaired) electrons. The molecular weight excluding hydrogens is 298 g/mol. The summed E-state index contributed by atoms with van der Waals surface area (Å²) >= 11 is 0. The van der Waals surface area contributed by atoms with Gasteiger partial charge in [0.15, 0.2) is 0 Å². The van der Waals surface area contributed by atoms with Crippen molar-refractivity contribution in [2.45, 2.75) is 19.1 Å². The van der Waals surface area contributed by atoms with Crippen LogP contribution in [0.3, 0.4) is 0 Å². The lowest BCUT2D eigenvalue weighted by Gasteiger charge is -2.23. The van der Waals surface area contributed by atoms with Crippen LogP contribution in [0.25, 0.3) is 0 Å². The molecule has 2 aliphatic heterocycles. The molecule has 2 saturated heterocycles. The van der Waals surface area contributed by atoms with Gasteiger partial charge in [0.25, 0.3) is 0 Å². The molecular formula is C16H21N3O4. The first-order valence-corrected chi connectivity index (χ1v) is 7.84. The second-order valence-electron chi connectivity index (χ2n) is 5.61. The molecule has 0 bridgehead atoms. The average Bonchev–Trinajstić information content (AvgIpc) is 3.00. The molecule has 23 heavy (non-hydrogen) atoms. The predicted octanol–water partition coefficient (Wildman–Crippen LogP) is 0.638. The van der Waals surface area contributed by atoms with Crippen molar-refractivity contribution in [1.82, 2.24) is 10.6 Å². The Balaban J connectivity index is 1.46. The highest BCUT2D eigenvalue weighted by Crippen LogP contribution is 2.19. The van der Waals surface area contributed by atoms with Gasteiger partial charge in [-0.15, -0.1) is 0 Å². The summed E-state index contributed by atoms with van der Waals surface area (Å²) in [4.78, 5) is 25.0. The lowest BCUT2D eigenvalue weighted by atomic mass is 10.2. The number of carbonyl (C=O) groups excluding carboxylic acids is 2. The maximum atomic E-state index is 11.9. The van der Waals surface area contributed by atoms with Gasteiger partial charge in [0, 0.05) is 25.3 Å². The molecule has 3 rings (SSSR count). The standard InChI is InChI=1S/C16H21N3O4/c20-15(9-14-11-17-5-7-22-14)18-10-12-1-3-13(4-2-12)19-6-8-23-16(19)21/h1-4,14,17H,5-11H2,(H,18,20). The van der Waals surface area contributed by atoms with Crippen LogP contribution in [0.1, 0.15) is 12.0 Å². The van der Waals surface area contributed by atoms with Gasteiger partial charge in [-0.3, -0.25) is 9.69 Å². The summed E-state index contributed by atoms with van der Waals surface area (Å²) in [6, 6.07) is 7.53. The van der Waals surface area contributed by atoms with Crippen molar-refractivity contribution in [2.24, 2.45) is 0 Å². The number of benzene rings is 1. The summed E-state index contributed by atoms with van der Waals surface area (Å²) < 4.78 is 10.4. The molecule has 0 spiro atoms. The highest BCUT2D eigenvalue weighted by atomic mass is 16.6.